The zero-order chi connectivity index (χ0) is 19.3. The van der Waals surface area contributed by atoms with Crippen LogP contribution >= 0.6 is 0 Å². The summed E-state index contributed by atoms with van der Waals surface area (Å²) in [6.45, 7) is 6.59. The first-order chi connectivity index (χ1) is 13.6. The van der Waals surface area contributed by atoms with Crippen LogP contribution in [0.1, 0.15) is 38.4 Å². The molecule has 3 heterocycles. The number of fused-ring (bicyclic) bond motifs is 2. The highest BCUT2D eigenvalue weighted by Gasteiger charge is 2.48. The number of halogens is 1. The van der Waals surface area contributed by atoms with Gasteiger partial charge in [-0.1, -0.05) is 19.1 Å². The Morgan fingerprint density at radius 2 is 2.00 bits per heavy atom. The van der Waals surface area contributed by atoms with Crippen molar-refractivity contribution < 1.29 is 9.18 Å². The Hall–Kier alpha value is -2.21. The number of hydrogen-bond donors (Lipinski definition) is 0. The Kier molecular flexibility index (Phi) is 4.27. The molecule has 1 aromatic heterocycles. The lowest BCUT2D eigenvalue weighted by Crippen LogP contribution is -2.58. The van der Waals surface area contributed by atoms with Gasteiger partial charge in [-0.2, -0.15) is 0 Å². The topological polar surface area (TPSA) is 41.4 Å². The van der Waals surface area contributed by atoms with Gasteiger partial charge in [-0.3, -0.25) is 9.69 Å². The first-order valence-corrected chi connectivity index (χ1v) is 10.5. The van der Waals surface area contributed by atoms with E-state index in [0.717, 1.165) is 75.5 Å². The predicted octanol–water partition coefficient (Wildman–Crippen LogP) is 3.25. The normalized spacial score (nSPS) is 21.7. The molecule has 0 atom stereocenters. The molecule has 0 bridgehead atoms. The van der Waals surface area contributed by atoms with Crippen LogP contribution in [0.4, 0.5) is 4.39 Å². The van der Waals surface area contributed by atoms with E-state index in [1.165, 1.54) is 6.07 Å². The van der Waals surface area contributed by atoms with Crippen LogP contribution in [0.2, 0.25) is 0 Å². The Morgan fingerprint density at radius 1 is 1.21 bits per heavy atom. The van der Waals surface area contributed by atoms with Crippen LogP contribution in [0.5, 0.6) is 0 Å². The van der Waals surface area contributed by atoms with Gasteiger partial charge in [-0.05, 0) is 44.4 Å². The van der Waals surface area contributed by atoms with Gasteiger partial charge in [0.2, 0.25) is 5.91 Å². The van der Waals surface area contributed by atoms with E-state index in [0.29, 0.717) is 5.91 Å². The van der Waals surface area contributed by atoms with Gasteiger partial charge in [-0.15, -0.1) is 0 Å². The Labute approximate surface area is 165 Å². The number of rotatable bonds is 3. The van der Waals surface area contributed by atoms with E-state index >= 15 is 0 Å². The average Bonchev–Trinajstić information content (AvgIpc) is 3.47. The summed E-state index contributed by atoms with van der Waals surface area (Å²) in [4.78, 5) is 21.9. The van der Waals surface area contributed by atoms with Crippen molar-refractivity contribution in [2.75, 3.05) is 26.2 Å². The molecule has 1 spiro atoms. The lowest BCUT2D eigenvalue weighted by Gasteiger charge is -2.50. The molecule has 0 N–H and O–H groups in total. The Bertz CT molecular complexity index is 896. The molecule has 1 amide bonds. The fourth-order valence-corrected chi connectivity index (χ4v) is 5.11. The van der Waals surface area contributed by atoms with E-state index < -0.39 is 0 Å². The van der Waals surface area contributed by atoms with Crippen molar-refractivity contribution in [3.8, 4) is 11.3 Å². The van der Waals surface area contributed by atoms with Crippen LogP contribution in [0.25, 0.3) is 11.3 Å². The molecule has 148 valence electrons. The fourth-order valence-electron chi connectivity index (χ4n) is 5.11. The third kappa shape index (κ3) is 2.77. The Balaban J connectivity index is 1.48. The van der Waals surface area contributed by atoms with Crippen molar-refractivity contribution >= 4 is 5.91 Å². The highest BCUT2D eigenvalue weighted by atomic mass is 19.1. The van der Waals surface area contributed by atoms with Crippen molar-refractivity contribution in [1.29, 1.82) is 0 Å². The van der Waals surface area contributed by atoms with E-state index in [1.807, 2.05) is 12.3 Å². The number of likely N-dealkylation sites (tertiary alicyclic amines) is 1. The fraction of sp³-hybridized carbons (Fsp3) is 0.545. The van der Waals surface area contributed by atoms with E-state index in [9.17, 15) is 9.18 Å². The van der Waals surface area contributed by atoms with Gasteiger partial charge >= 0.3 is 0 Å². The van der Waals surface area contributed by atoms with Crippen LogP contribution in [0, 0.1) is 11.7 Å². The SMILES string of the molecule is CCN1CCn2c(-c3cccc(F)c3)cnc2C12CCN(C(=O)C1CC1)CC2. The van der Waals surface area contributed by atoms with Gasteiger partial charge in [0.05, 0.1) is 17.4 Å². The maximum Gasteiger partial charge on any atom is 0.225 e. The number of hydrogen-bond acceptors (Lipinski definition) is 3. The molecule has 28 heavy (non-hydrogen) atoms. The van der Waals surface area contributed by atoms with Crippen LogP contribution in [0.3, 0.4) is 0 Å². The molecule has 1 aliphatic carbocycles. The molecule has 1 saturated heterocycles. The summed E-state index contributed by atoms with van der Waals surface area (Å²) in [7, 11) is 0. The predicted molar refractivity (Wildman–Crippen MR) is 105 cm³/mol. The van der Waals surface area contributed by atoms with Gasteiger partial charge in [0.1, 0.15) is 11.6 Å². The van der Waals surface area contributed by atoms with Gasteiger partial charge in [0.15, 0.2) is 0 Å². The standard InChI is InChI=1S/C22H27FN4O/c1-2-26-12-13-27-19(17-4-3-5-18(23)14-17)15-24-21(27)22(26)8-10-25(11-9-22)20(28)16-6-7-16/h3-5,14-16H,2,6-13H2,1H3. The highest BCUT2D eigenvalue weighted by molar-refractivity contribution is 5.81. The van der Waals surface area contributed by atoms with Crippen LogP contribution < -0.4 is 0 Å². The summed E-state index contributed by atoms with van der Waals surface area (Å²) in [5.74, 6) is 1.49. The number of likely N-dealkylation sites (N-methyl/N-ethyl adjacent to an activating group) is 1. The first kappa shape index (κ1) is 17.9. The van der Waals surface area contributed by atoms with Gasteiger partial charge in [-0.25, -0.2) is 9.37 Å². The van der Waals surface area contributed by atoms with E-state index in [4.69, 9.17) is 4.98 Å². The number of nitrogens with zero attached hydrogens (tertiary/aromatic N) is 4. The van der Waals surface area contributed by atoms with Gasteiger partial charge < -0.3 is 9.47 Å². The van der Waals surface area contributed by atoms with Crippen LogP contribution in [-0.4, -0.2) is 51.4 Å². The second-order valence-electron chi connectivity index (χ2n) is 8.34. The van der Waals surface area contributed by atoms with Crippen molar-refractivity contribution in [1.82, 2.24) is 19.4 Å². The quantitative estimate of drug-likeness (QED) is 0.818. The minimum atomic E-state index is -0.222. The molecule has 0 unspecified atom stereocenters. The first-order valence-electron chi connectivity index (χ1n) is 10.5. The van der Waals surface area contributed by atoms with E-state index in [1.54, 1.807) is 12.1 Å². The van der Waals surface area contributed by atoms with Crippen LogP contribution in [0.15, 0.2) is 30.5 Å². The number of aromatic nitrogens is 2. The maximum absolute atomic E-state index is 13.8. The molecule has 1 aromatic carbocycles. The van der Waals surface area contributed by atoms with Crippen molar-refractivity contribution in [2.24, 2.45) is 5.92 Å². The smallest absolute Gasteiger partial charge is 0.225 e. The minimum absolute atomic E-state index is 0.126. The zero-order valence-electron chi connectivity index (χ0n) is 16.4. The van der Waals surface area contributed by atoms with Crippen molar-refractivity contribution in [3.63, 3.8) is 0 Å². The second kappa shape index (κ2) is 6.69. The Morgan fingerprint density at radius 3 is 2.68 bits per heavy atom. The summed E-state index contributed by atoms with van der Waals surface area (Å²) in [6, 6.07) is 6.76. The summed E-state index contributed by atoms with van der Waals surface area (Å²) in [5, 5.41) is 0. The molecule has 2 aliphatic heterocycles. The third-order valence-corrected chi connectivity index (χ3v) is 6.80. The number of carbonyl (C=O) groups excluding carboxylic acids is 1. The van der Waals surface area contributed by atoms with Crippen LogP contribution in [-0.2, 0) is 16.9 Å². The number of imidazole rings is 1. The lowest BCUT2D eigenvalue weighted by atomic mass is 9.83. The monoisotopic (exact) mass is 382 g/mol. The molecule has 3 aliphatic rings. The van der Waals surface area contributed by atoms with E-state index in [-0.39, 0.29) is 17.3 Å². The molecule has 2 aromatic rings. The van der Waals surface area contributed by atoms with Gasteiger partial charge in [0, 0.05) is 37.7 Å². The zero-order valence-corrected chi connectivity index (χ0v) is 16.4. The number of amides is 1. The summed E-state index contributed by atoms with van der Waals surface area (Å²) in [5.41, 5.74) is 1.74. The molecule has 2 fully saturated rings. The highest BCUT2D eigenvalue weighted by Crippen LogP contribution is 2.43. The maximum atomic E-state index is 13.8. The van der Waals surface area contributed by atoms with Crippen molar-refractivity contribution in [2.45, 2.75) is 44.7 Å². The molecule has 5 nitrogen and oxygen atoms in total. The largest absolute Gasteiger partial charge is 0.342 e. The molecule has 5 rings (SSSR count). The molecular formula is C22H27FN4O. The number of piperidine rings is 1. The number of carbonyl (C=O) groups is 1. The van der Waals surface area contributed by atoms with E-state index in [2.05, 4.69) is 21.3 Å². The average molecular weight is 382 g/mol. The summed E-state index contributed by atoms with van der Waals surface area (Å²) < 4.78 is 16.0. The summed E-state index contributed by atoms with van der Waals surface area (Å²) >= 11 is 0. The second-order valence-corrected chi connectivity index (χ2v) is 8.34. The lowest BCUT2D eigenvalue weighted by molar-refractivity contribution is -0.136. The molecule has 0 radical (unpaired) electrons. The molecule has 1 saturated carbocycles. The summed E-state index contributed by atoms with van der Waals surface area (Å²) in [6.07, 6.45) is 5.84. The van der Waals surface area contributed by atoms with Crippen molar-refractivity contribution in [3.05, 3.63) is 42.1 Å². The number of benzene rings is 1. The van der Waals surface area contributed by atoms with Gasteiger partial charge in [0.25, 0.3) is 0 Å². The molecule has 6 heteroatoms. The third-order valence-electron chi connectivity index (χ3n) is 6.80. The molecular weight excluding hydrogens is 355 g/mol. The minimum Gasteiger partial charge on any atom is -0.342 e.